The Kier molecular flexibility index (Phi) is 5.11. The lowest BCUT2D eigenvalue weighted by molar-refractivity contribution is -0.116. The number of carbonyl (C=O) groups excluding carboxylic acids is 1. The second-order valence-corrected chi connectivity index (χ2v) is 5.40. The summed E-state index contributed by atoms with van der Waals surface area (Å²) in [5, 5.41) is 18.6. The lowest BCUT2D eigenvalue weighted by atomic mass is 10.2. The lowest BCUT2D eigenvalue weighted by Crippen LogP contribution is -2.15. The first kappa shape index (κ1) is 17.4. The highest BCUT2D eigenvalue weighted by Gasteiger charge is 2.12. The second kappa shape index (κ2) is 7.64. The summed E-state index contributed by atoms with van der Waals surface area (Å²) in [6, 6.07) is 6.98. The van der Waals surface area contributed by atoms with Crippen LogP contribution in [0.3, 0.4) is 0 Å². The normalized spacial score (nSPS) is 10.6. The molecule has 10 nitrogen and oxygen atoms in total. The molecule has 0 radical (unpaired) electrons. The predicted octanol–water partition coefficient (Wildman–Crippen LogP) is 1.68. The molecule has 10 heteroatoms. The summed E-state index contributed by atoms with van der Waals surface area (Å²) in [6.07, 6.45) is 0.174. The lowest BCUT2D eigenvalue weighted by Gasteiger charge is -2.07. The fourth-order valence-electron chi connectivity index (χ4n) is 2.26. The van der Waals surface area contributed by atoms with Crippen LogP contribution in [0.15, 0.2) is 28.8 Å². The first-order valence-corrected chi connectivity index (χ1v) is 7.82. The van der Waals surface area contributed by atoms with Gasteiger partial charge in [-0.15, -0.1) is 10.2 Å². The number of aromatic nitrogens is 5. The quantitative estimate of drug-likeness (QED) is 0.678. The van der Waals surface area contributed by atoms with E-state index >= 15 is 0 Å². The van der Waals surface area contributed by atoms with Crippen LogP contribution in [0, 0.1) is 6.92 Å². The third kappa shape index (κ3) is 3.97. The van der Waals surface area contributed by atoms with Gasteiger partial charge in [0.2, 0.25) is 11.7 Å². The minimum Gasteiger partial charge on any atom is -0.493 e. The van der Waals surface area contributed by atoms with Crippen molar-refractivity contribution in [3.05, 3.63) is 30.0 Å². The molecule has 1 amide bonds. The molecule has 0 aliphatic heterocycles. The maximum absolute atomic E-state index is 11.9. The van der Waals surface area contributed by atoms with Crippen molar-refractivity contribution in [3.8, 4) is 22.9 Å². The number of carbonyl (C=O) groups is 1. The molecule has 1 N–H and O–H groups in total. The average Bonchev–Trinajstić information content (AvgIpc) is 3.28. The summed E-state index contributed by atoms with van der Waals surface area (Å²) in [4.78, 5) is 13.3. The van der Waals surface area contributed by atoms with Crippen molar-refractivity contribution in [3.63, 3.8) is 0 Å². The summed E-state index contributed by atoms with van der Waals surface area (Å²) in [5.41, 5.74) is 0.733. The Bertz CT molecular complexity index is 904. The minimum atomic E-state index is -0.219. The summed E-state index contributed by atoms with van der Waals surface area (Å²) in [7, 11) is 3.12. The van der Waals surface area contributed by atoms with Gasteiger partial charge in [0, 0.05) is 18.1 Å². The van der Waals surface area contributed by atoms with Gasteiger partial charge in [0.1, 0.15) is 5.76 Å². The van der Waals surface area contributed by atoms with E-state index in [0.717, 1.165) is 5.56 Å². The smallest absolute Gasteiger partial charge is 0.227 e. The SMILES string of the molecule is COc1ccc(-c2nnn(CCC(=O)Nc3cc(C)on3)n2)cc1OC. The van der Waals surface area contributed by atoms with Gasteiger partial charge in [-0.25, -0.2) is 0 Å². The van der Waals surface area contributed by atoms with Gasteiger partial charge < -0.3 is 19.3 Å². The number of tetrazole rings is 1. The summed E-state index contributed by atoms with van der Waals surface area (Å²) in [5.74, 6) is 2.40. The van der Waals surface area contributed by atoms with E-state index in [1.165, 1.54) is 4.80 Å². The highest BCUT2D eigenvalue weighted by Crippen LogP contribution is 2.30. The maximum atomic E-state index is 11.9. The molecular formula is C16H18N6O4. The molecule has 2 heterocycles. The topological polar surface area (TPSA) is 117 Å². The van der Waals surface area contributed by atoms with E-state index in [4.69, 9.17) is 14.0 Å². The van der Waals surface area contributed by atoms with E-state index in [2.05, 4.69) is 25.9 Å². The van der Waals surface area contributed by atoms with Crippen LogP contribution in [0.1, 0.15) is 12.2 Å². The van der Waals surface area contributed by atoms with Crippen LogP contribution >= 0.6 is 0 Å². The van der Waals surface area contributed by atoms with Gasteiger partial charge in [-0.3, -0.25) is 4.79 Å². The van der Waals surface area contributed by atoms with E-state index < -0.39 is 0 Å². The Morgan fingerprint density at radius 3 is 2.73 bits per heavy atom. The van der Waals surface area contributed by atoms with Gasteiger partial charge in [0.15, 0.2) is 17.3 Å². The largest absolute Gasteiger partial charge is 0.493 e. The van der Waals surface area contributed by atoms with Gasteiger partial charge in [0.05, 0.1) is 20.8 Å². The van der Waals surface area contributed by atoms with Crippen LogP contribution in [0.25, 0.3) is 11.4 Å². The fraction of sp³-hybridized carbons (Fsp3) is 0.312. The van der Waals surface area contributed by atoms with Gasteiger partial charge in [0.25, 0.3) is 0 Å². The van der Waals surface area contributed by atoms with Crippen LogP contribution < -0.4 is 14.8 Å². The predicted molar refractivity (Wildman–Crippen MR) is 90.8 cm³/mol. The van der Waals surface area contributed by atoms with Crippen molar-refractivity contribution in [2.45, 2.75) is 19.9 Å². The summed E-state index contributed by atoms with van der Waals surface area (Å²) in [6.45, 7) is 2.03. The van der Waals surface area contributed by atoms with Crippen LogP contribution in [-0.4, -0.2) is 45.5 Å². The molecule has 0 fully saturated rings. The van der Waals surface area contributed by atoms with Crippen molar-refractivity contribution in [2.75, 3.05) is 19.5 Å². The number of amides is 1. The first-order valence-electron chi connectivity index (χ1n) is 7.82. The van der Waals surface area contributed by atoms with Crippen molar-refractivity contribution in [1.29, 1.82) is 0 Å². The number of rotatable bonds is 7. The number of methoxy groups -OCH3 is 2. The second-order valence-electron chi connectivity index (χ2n) is 5.40. The number of anilines is 1. The Balaban J connectivity index is 1.62. The third-order valence-electron chi connectivity index (χ3n) is 3.53. The molecule has 0 spiro atoms. The number of nitrogens with zero attached hydrogens (tertiary/aromatic N) is 5. The average molecular weight is 358 g/mol. The molecule has 0 aliphatic rings. The molecule has 1 aromatic carbocycles. The van der Waals surface area contributed by atoms with Gasteiger partial charge in [-0.1, -0.05) is 5.16 Å². The molecule has 0 bridgehead atoms. The number of aryl methyl sites for hydroxylation is 2. The molecule has 3 aromatic rings. The Morgan fingerprint density at radius 2 is 2.04 bits per heavy atom. The number of hydrogen-bond donors (Lipinski definition) is 1. The van der Waals surface area contributed by atoms with Crippen LogP contribution in [-0.2, 0) is 11.3 Å². The molecule has 0 saturated carbocycles. The van der Waals surface area contributed by atoms with E-state index in [1.54, 1.807) is 39.3 Å². The third-order valence-corrected chi connectivity index (χ3v) is 3.53. The van der Waals surface area contributed by atoms with Crippen molar-refractivity contribution >= 4 is 11.7 Å². The molecule has 26 heavy (non-hydrogen) atoms. The molecule has 0 aliphatic carbocycles. The summed E-state index contributed by atoms with van der Waals surface area (Å²) < 4.78 is 15.4. The zero-order chi connectivity index (χ0) is 18.5. The van der Waals surface area contributed by atoms with E-state index in [9.17, 15) is 4.79 Å². The molecule has 0 unspecified atom stereocenters. The van der Waals surface area contributed by atoms with Gasteiger partial charge in [-0.05, 0) is 30.3 Å². The Labute approximate surface area is 149 Å². The monoisotopic (exact) mass is 358 g/mol. The fourth-order valence-corrected chi connectivity index (χ4v) is 2.26. The van der Waals surface area contributed by atoms with Crippen molar-refractivity contribution < 1.29 is 18.8 Å². The zero-order valence-corrected chi connectivity index (χ0v) is 14.6. The van der Waals surface area contributed by atoms with Crippen LogP contribution in [0.2, 0.25) is 0 Å². The standard InChI is InChI=1S/C16H18N6O4/c1-10-8-14(20-26-10)17-15(23)6-7-22-19-16(18-21-22)11-4-5-12(24-2)13(9-11)25-3/h4-5,8-9H,6-7H2,1-3H3,(H,17,20,23). The van der Waals surface area contributed by atoms with Crippen molar-refractivity contribution in [1.82, 2.24) is 25.4 Å². The molecule has 0 atom stereocenters. The highest BCUT2D eigenvalue weighted by atomic mass is 16.5. The van der Waals surface area contributed by atoms with Gasteiger partial charge in [-0.2, -0.15) is 4.80 Å². The van der Waals surface area contributed by atoms with Crippen LogP contribution in [0.5, 0.6) is 11.5 Å². The number of ether oxygens (including phenoxy) is 2. The molecule has 136 valence electrons. The first-order chi connectivity index (χ1) is 12.6. The van der Waals surface area contributed by atoms with E-state index in [-0.39, 0.29) is 18.9 Å². The van der Waals surface area contributed by atoms with Crippen LogP contribution in [0.4, 0.5) is 5.82 Å². The van der Waals surface area contributed by atoms with Crippen molar-refractivity contribution in [2.24, 2.45) is 0 Å². The van der Waals surface area contributed by atoms with E-state index in [1.807, 2.05) is 6.07 Å². The van der Waals surface area contributed by atoms with Gasteiger partial charge >= 0.3 is 0 Å². The molecule has 0 saturated heterocycles. The Hall–Kier alpha value is -3.43. The highest BCUT2D eigenvalue weighted by molar-refractivity contribution is 5.89. The minimum absolute atomic E-state index is 0.174. The number of hydrogen-bond acceptors (Lipinski definition) is 8. The molecule has 3 rings (SSSR count). The molecule has 2 aromatic heterocycles. The zero-order valence-electron chi connectivity index (χ0n) is 14.6. The molecular weight excluding hydrogens is 340 g/mol. The number of nitrogens with one attached hydrogen (secondary N) is 1. The Morgan fingerprint density at radius 1 is 1.23 bits per heavy atom. The summed E-state index contributed by atoms with van der Waals surface area (Å²) >= 11 is 0. The number of benzene rings is 1. The maximum Gasteiger partial charge on any atom is 0.227 e. The van der Waals surface area contributed by atoms with E-state index in [0.29, 0.717) is 28.9 Å².